The van der Waals surface area contributed by atoms with E-state index >= 15 is 0 Å². The Labute approximate surface area is 137 Å². The third-order valence-corrected chi connectivity index (χ3v) is 4.39. The van der Waals surface area contributed by atoms with Crippen molar-refractivity contribution in [2.24, 2.45) is 0 Å². The zero-order valence-electron chi connectivity index (χ0n) is 13.9. The predicted molar refractivity (Wildman–Crippen MR) is 92.7 cm³/mol. The Kier molecular flexibility index (Phi) is 5.20. The van der Waals surface area contributed by atoms with E-state index in [-0.39, 0.29) is 0 Å². The van der Waals surface area contributed by atoms with E-state index in [1.54, 1.807) is 0 Å². The number of rotatable bonds is 5. The highest BCUT2D eigenvalue weighted by Crippen LogP contribution is 2.25. The maximum Gasteiger partial charge on any atom is 0.151 e. The van der Waals surface area contributed by atoms with Crippen molar-refractivity contribution in [1.29, 1.82) is 0 Å². The Morgan fingerprint density at radius 3 is 2.52 bits per heavy atom. The minimum atomic E-state index is 0.837. The van der Waals surface area contributed by atoms with E-state index in [1.807, 2.05) is 18.2 Å². The number of ether oxygens (including phenoxy) is 1. The molecule has 0 atom stereocenters. The first kappa shape index (κ1) is 15.9. The van der Waals surface area contributed by atoms with Crippen molar-refractivity contribution < 1.29 is 4.74 Å². The molecule has 3 rings (SSSR count). The number of nitrogens with zero attached hydrogens (tertiary/aromatic N) is 3. The Morgan fingerprint density at radius 1 is 1.04 bits per heavy atom. The second kappa shape index (κ2) is 7.53. The first-order valence-electron chi connectivity index (χ1n) is 8.19. The number of benzene rings is 1. The molecule has 1 aromatic heterocycles. The molecule has 23 heavy (non-hydrogen) atoms. The van der Waals surface area contributed by atoms with Crippen molar-refractivity contribution in [3.05, 3.63) is 41.5 Å². The van der Waals surface area contributed by atoms with Crippen LogP contribution in [0.3, 0.4) is 0 Å². The van der Waals surface area contributed by atoms with Crippen LogP contribution in [-0.4, -0.2) is 54.5 Å². The molecule has 1 N–H and O–H groups in total. The molecule has 5 heteroatoms. The van der Waals surface area contributed by atoms with Crippen LogP contribution in [-0.2, 0) is 4.74 Å². The van der Waals surface area contributed by atoms with Gasteiger partial charge in [0.15, 0.2) is 5.82 Å². The van der Waals surface area contributed by atoms with Crippen molar-refractivity contribution in [2.75, 3.05) is 44.7 Å². The molecule has 5 nitrogen and oxygen atoms in total. The molecule has 0 unspecified atom stereocenters. The van der Waals surface area contributed by atoms with Gasteiger partial charge < -0.3 is 10.1 Å². The van der Waals surface area contributed by atoms with Gasteiger partial charge in [0.1, 0.15) is 0 Å². The third-order valence-electron chi connectivity index (χ3n) is 4.39. The van der Waals surface area contributed by atoms with E-state index in [0.717, 1.165) is 56.5 Å². The fourth-order valence-electron chi connectivity index (χ4n) is 2.80. The van der Waals surface area contributed by atoms with Gasteiger partial charge in [0.25, 0.3) is 0 Å². The molecule has 0 amide bonds. The van der Waals surface area contributed by atoms with Gasteiger partial charge >= 0.3 is 0 Å². The van der Waals surface area contributed by atoms with Gasteiger partial charge in [0, 0.05) is 31.7 Å². The average Bonchev–Trinajstić information content (AvgIpc) is 2.60. The van der Waals surface area contributed by atoms with Crippen molar-refractivity contribution in [3.8, 4) is 11.3 Å². The van der Waals surface area contributed by atoms with E-state index in [9.17, 15) is 0 Å². The van der Waals surface area contributed by atoms with E-state index in [4.69, 9.17) is 4.74 Å². The fourth-order valence-corrected chi connectivity index (χ4v) is 2.80. The highest BCUT2D eigenvalue weighted by Gasteiger charge is 2.12. The molecular weight excluding hydrogens is 288 g/mol. The van der Waals surface area contributed by atoms with E-state index in [1.165, 1.54) is 11.1 Å². The van der Waals surface area contributed by atoms with Gasteiger partial charge in [-0.3, -0.25) is 4.90 Å². The first-order valence-corrected chi connectivity index (χ1v) is 8.19. The average molecular weight is 312 g/mol. The number of morpholine rings is 1. The third kappa shape index (κ3) is 3.86. The number of aromatic nitrogens is 2. The molecule has 2 heterocycles. The van der Waals surface area contributed by atoms with Crippen molar-refractivity contribution in [1.82, 2.24) is 15.1 Å². The monoisotopic (exact) mass is 312 g/mol. The van der Waals surface area contributed by atoms with Crippen LogP contribution in [0.5, 0.6) is 0 Å². The van der Waals surface area contributed by atoms with Gasteiger partial charge in [-0.1, -0.05) is 30.3 Å². The summed E-state index contributed by atoms with van der Waals surface area (Å²) in [7, 11) is 0. The lowest BCUT2D eigenvalue weighted by Gasteiger charge is -2.26. The van der Waals surface area contributed by atoms with Crippen LogP contribution in [0.25, 0.3) is 11.3 Å². The summed E-state index contributed by atoms with van der Waals surface area (Å²) in [4.78, 5) is 2.41. The van der Waals surface area contributed by atoms with Gasteiger partial charge in [-0.15, -0.1) is 10.2 Å². The summed E-state index contributed by atoms with van der Waals surface area (Å²) >= 11 is 0. The maximum atomic E-state index is 5.37. The lowest BCUT2D eigenvalue weighted by molar-refractivity contribution is 0.0398. The molecule has 0 aliphatic carbocycles. The largest absolute Gasteiger partial charge is 0.379 e. The predicted octanol–water partition coefficient (Wildman–Crippen LogP) is 2.50. The summed E-state index contributed by atoms with van der Waals surface area (Å²) < 4.78 is 5.37. The Hall–Kier alpha value is -1.98. The summed E-state index contributed by atoms with van der Waals surface area (Å²) in [5.74, 6) is 0.885. The number of nitrogens with one attached hydrogen (secondary N) is 1. The fraction of sp³-hybridized carbons (Fsp3) is 0.444. The first-order chi connectivity index (χ1) is 11.3. The van der Waals surface area contributed by atoms with Crippen molar-refractivity contribution >= 4 is 5.82 Å². The normalized spacial score (nSPS) is 15.6. The van der Waals surface area contributed by atoms with Crippen LogP contribution in [0.15, 0.2) is 30.3 Å². The Morgan fingerprint density at radius 2 is 1.78 bits per heavy atom. The smallest absolute Gasteiger partial charge is 0.151 e. The van der Waals surface area contributed by atoms with Gasteiger partial charge in [0.2, 0.25) is 0 Å². The quantitative estimate of drug-likeness (QED) is 0.919. The van der Waals surface area contributed by atoms with Crippen LogP contribution >= 0.6 is 0 Å². The van der Waals surface area contributed by atoms with Gasteiger partial charge in [-0.2, -0.15) is 0 Å². The summed E-state index contributed by atoms with van der Waals surface area (Å²) in [6, 6.07) is 10.2. The lowest BCUT2D eigenvalue weighted by Crippen LogP contribution is -2.39. The van der Waals surface area contributed by atoms with Gasteiger partial charge in [0.05, 0.1) is 18.9 Å². The van der Waals surface area contributed by atoms with E-state index in [2.05, 4.69) is 46.4 Å². The van der Waals surface area contributed by atoms with Gasteiger partial charge in [-0.05, 0) is 25.0 Å². The number of anilines is 1. The molecule has 0 bridgehead atoms. The minimum Gasteiger partial charge on any atom is -0.379 e. The van der Waals surface area contributed by atoms with Crippen LogP contribution in [0, 0.1) is 13.8 Å². The van der Waals surface area contributed by atoms with E-state index < -0.39 is 0 Å². The number of hydrogen-bond donors (Lipinski definition) is 1. The molecular formula is C18H24N4O. The summed E-state index contributed by atoms with van der Waals surface area (Å²) in [5.41, 5.74) is 4.42. The molecule has 0 spiro atoms. The molecule has 1 aromatic carbocycles. The Bertz CT molecular complexity index is 639. The lowest BCUT2D eigenvalue weighted by atomic mass is 10.0. The topological polar surface area (TPSA) is 50.3 Å². The summed E-state index contributed by atoms with van der Waals surface area (Å²) in [5, 5.41) is 12.2. The molecule has 2 aromatic rings. The molecule has 0 radical (unpaired) electrons. The molecule has 1 aliphatic rings. The molecule has 1 saturated heterocycles. The summed E-state index contributed by atoms with van der Waals surface area (Å²) in [6.45, 7) is 9.79. The second-order valence-corrected chi connectivity index (χ2v) is 5.89. The molecule has 1 aliphatic heterocycles. The number of hydrogen-bond acceptors (Lipinski definition) is 5. The highest BCUT2D eigenvalue weighted by atomic mass is 16.5. The molecule has 1 fully saturated rings. The van der Waals surface area contributed by atoms with E-state index in [0.29, 0.717) is 0 Å². The van der Waals surface area contributed by atoms with Crippen molar-refractivity contribution in [3.63, 3.8) is 0 Å². The summed E-state index contributed by atoms with van der Waals surface area (Å²) in [6.07, 6.45) is 0. The Balaban J connectivity index is 1.65. The second-order valence-electron chi connectivity index (χ2n) is 5.89. The van der Waals surface area contributed by atoms with Crippen LogP contribution < -0.4 is 5.32 Å². The van der Waals surface area contributed by atoms with Crippen molar-refractivity contribution in [2.45, 2.75) is 13.8 Å². The zero-order valence-corrected chi connectivity index (χ0v) is 13.9. The SMILES string of the molecule is Cc1c(NCCN2CCOCC2)nnc(-c2ccccc2)c1C. The van der Waals surface area contributed by atoms with Crippen LogP contribution in [0.2, 0.25) is 0 Å². The van der Waals surface area contributed by atoms with Crippen LogP contribution in [0.4, 0.5) is 5.82 Å². The zero-order chi connectivity index (χ0) is 16.1. The molecule has 0 saturated carbocycles. The highest BCUT2D eigenvalue weighted by molar-refractivity contribution is 5.66. The minimum absolute atomic E-state index is 0.837. The molecule has 122 valence electrons. The maximum absolute atomic E-state index is 5.37. The van der Waals surface area contributed by atoms with Crippen LogP contribution in [0.1, 0.15) is 11.1 Å². The standard InChI is InChI=1S/C18H24N4O/c1-14-15(2)18(19-8-9-22-10-12-23-13-11-22)21-20-17(14)16-6-4-3-5-7-16/h3-7H,8-13H2,1-2H3,(H,19,21). The van der Waals surface area contributed by atoms with Gasteiger partial charge in [-0.25, -0.2) is 0 Å².